The van der Waals surface area contributed by atoms with E-state index in [4.69, 9.17) is 0 Å². The van der Waals surface area contributed by atoms with Crippen LogP contribution in [0.4, 0.5) is 13.2 Å². The summed E-state index contributed by atoms with van der Waals surface area (Å²) in [5, 5.41) is 3.11. The van der Waals surface area contributed by atoms with Gasteiger partial charge in [-0.25, -0.2) is 0 Å². The second kappa shape index (κ2) is 9.38. The Morgan fingerprint density at radius 2 is 1.61 bits per heavy atom. The van der Waals surface area contributed by atoms with Crippen molar-refractivity contribution in [2.45, 2.75) is 50.2 Å². The number of halogens is 3. The number of aromatic nitrogens is 1. The second-order valence-corrected chi connectivity index (χ2v) is 8.72. The number of rotatable bonds is 6. The molecule has 0 aliphatic heterocycles. The summed E-state index contributed by atoms with van der Waals surface area (Å²) in [7, 11) is 0. The zero-order valence-electron chi connectivity index (χ0n) is 18.5. The number of alkyl halides is 3. The van der Waals surface area contributed by atoms with E-state index in [2.05, 4.69) is 10.3 Å². The third kappa shape index (κ3) is 4.65. The van der Waals surface area contributed by atoms with E-state index >= 15 is 0 Å². The summed E-state index contributed by atoms with van der Waals surface area (Å²) >= 11 is 0. The van der Waals surface area contributed by atoms with E-state index in [9.17, 15) is 18.0 Å². The van der Waals surface area contributed by atoms with Gasteiger partial charge in [0.1, 0.15) is 5.54 Å². The van der Waals surface area contributed by atoms with Crippen molar-refractivity contribution in [1.29, 1.82) is 0 Å². The average Bonchev–Trinajstić information content (AvgIpc) is 3.33. The zero-order valence-corrected chi connectivity index (χ0v) is 18.5. The molecule has 0 spiro atoms. The first-order valence-corrected chi connectivity index (χ1v) is 11.3. The molecule has 2 atom stereocenters. The molecule has 33 heavy (non-hydrogen) atoms. The van der Waals surface area contributed by atoms with Crippen LogP contribution in [-0.4, -0.2) is 10.9 Å². The molecule has 1 heterocycles. The van der Waals surface area contributed by atoms with Gasteiger partial charge in [0.05, 0.1) is 11.3 Å². The van der Waals surface area contributed by atoms with E-state index in [-0.39, 0.29) is 17.7 Å². The Kier molecular flexibility index (Phi) is 6.54. The summed E-state index contributed by atoms with van der Waals surface area (Å²) in [4.78, 5) is 17.3. The van der Waals surface area contributed by atoms with E-state index < -0.39 is 17.3 Å². The lowest BCUT2D eigenvalue weighted by molar-refractivity contribution is -0.137. The largest absolute Gasteiger partial charge is 0.416 e. The van der Waals surface area contributed by atoms with Gasteiger partial charge in [0.2, 0.25) is 5.91 Å². The number of nitrogens with one attached hydrogen (secondary N) is 1. The predicted octanol–water partition coefficient (Wildman–Crippen LogP) is 6.45. The Balaban J connectivity index is 2.05. The number of benzene rings is 2. The molecule has 3 aromatic rings. The minimum atomic E-state index is -4.50. The van der Waals surface area contributed by atoms with Gasteiger partial charge in [-0.1, -0.05) is 61.4 Å². The molecule has 1 aliphatic rings. The van der Waals surface area contributed by atoms with Gasteiger partial charge < -0.3 is 5.32 Å². The Bertz CT molecular complexity index is 1080. The molecule has 2 aromatic carbocycles. The van der Waals surface area contributed by atoms with E-state index in [0.29, 0.717) is 11.3 Å². The third-order valence-corrected chi connectivity index (χ3v) is 6.58. The van der Waals surface area contributed by atoms with Gasteiger partial charge in [0.25, 0.3) is 0 Å². The van der Waals surface area contributed by atoms with Crippen molar-refractivity contribution in [3.05, 3.63) is 101 Å². The molecule has 0 saturated heterocycles. The molecule has 3 nitrogen and oxygen atoms in total. The Morgan fingerprint density at radius 3 is 2.21 bits per heavy atom. The van der Waals surface area contributed by atoms with Crippen LogP contribution in [0, 0.1) is 5.92 Å². The molecular weight excluding hydrogens is 425 g/mol. The van der Waals surface area contributed by atoms with Gasteiger partial charge in [-0.2, -0.15) is 13.2 Å². The number of hydrogen-bond donors (Lipinski definition) is 1. The lowest BCUT2D eigenvalue weighted by atomic mass is 9.65. The first-order valence-electron chi connectivity index (χ1n) is 11.3. The predicted molar refractivity (Wildman–Crippen MR) is 121 cm³/mol. The lowest BCUT2D eigenvalue weighted by Crippen LogP contribution is -2.52. The van der Waals surface area contributed by atoms with E-state index in [1.165, 1.54) is 13.0 Å². The Hall–Kier alpha value is -3.15. The molecule has 1 saturated carbocycles. The van der Waals surface area contributed by atoms with Gasteiger partial charge >= 0.3 is 6.18 Å². The molecule has 172 valence electrons. The fourth-order valence-corrected chi connectivity index (χ4v) is 5.34. The molecule has 1 aliphatic carbocycles. The molecule has 2 unspecified atom stereocenters. The summed E-state index contributed by atoms with van der Waals surface area (Å²) in [6, 6.07) is 20.4. The maximum absolute atomic E-state index is 13.7. The number of amides is 1. The van der Waals surface area contributed by atoms with E-state index in [1.54, 1.807) is 24.4 Å². The lowest BCUT2D eigenvalue weighted by Gasteiger charge is -2.45. The van der Waals surface area contributed by atoms with E-state index in [1.807, 2.05) is 36.4 Å². The first-order chi connectivity index (χ1) is 15.8. The fourth-order valence-electron chi connectivity index (χ4n) is 5.34. The molecule has 1 aromatic heterocycles. The average molecular weight is 453 g/mol. The number of nitrogens with zero attached hydrogens (tertiary/aromatic N) is 1. The van der Waals surface area contributed by atoms with Gasteiger partial charge in [0, 0.05) is 19.0 Å². The van der Waals surface area contributed by atoms with Gasteiger partial charge in [-0.3, -0.25) is 9.78 Å². The van der Waals surface area contributed by atoms with Crippen LogP contribution in [0.2, 0.25) is 0 Å². The summed E-state index contributed by atoms with van der Waals surface area (Å²) in [5.74, 6) is -0.434. The van der Waals surface area contributed by atoms with Crippen molar-refractivity contribution < 1.29 is 18.0 Å². The monoisotopic (exact) mass is 452 g/mol. The van der Waals surface area contributed by atoms with Crippen molar-refractivity contribution in [1.82, 2.24) is 10.3 Å². The van der Waals surface area contributed by atoms with Crippen molar-refractivity contribution in [3.8, 4) is 0 Å². The maximum atomic E-state index is 13.7. The van der Waals surface area contributed by atoms with Crippen LogP contribution in [-0.2, 0) is 16.5 Å². The molecule has 6 heteroatoms. The maximum Gasteiger partial charge on any atom is 0.416 e. The van der Waals surface area contributed by atoms with Crippen LogP contribution in [0.25, 0.3) is 0 Å². The van der Waals surface area contributed by atoms with Crippen molar-refractivity contribution in [2.75, 3.05) is 0 Å². The van der Waals surface area contributed by atoms with Crippen LogP contribution in [0.3, 0.4) is 0 Å². The summed E-state index contributed by atoms with van der Waals surface area (Å²) in [5.41, 5.74) is -0.123. The SMILES string of the molecule is CC(=O)NC(c1cccc(C(F)(F)F)c1)(c1ccccn1)C(c1ccccc1)C1CCCC1. The highest BCUT2D eigenvalue weighted by Crippen LogP contribution is 2.51. The zero-order chi connectivity index (χ0) is 23.5. The van der Waals surface area contributed by atoms with Gasteiger partial charge in [0.15, 0.2) is 0 Å². The van der Waals surface area contributed by atoms with Crippen LogP contribution in [0.1, 0.15) is 60.9 Å². The number of pyridine rings is 1. The van der Waals surface area contributed by atoms with Crippen molar-refractivity contribution in [3.63, 3.8) is 0 Å². The van der Waals surface area contributed by atoms with Crippen LogP contribution >= 0.6 is 0 Å². The summed E-state index contributed by atoms with van der Waals surface area (Å²) < 4.78 is 41.2. The Morgan fingerprint density at radius 1 is 0.939 bits per heavy atom. The topological polar surface area (TPSA) is 42.0 Å². The molecule has 0 radical (unpaired) electrons. The standard InChI is InChI=1S/C27H27F3N2O/c1-19(33)32-26(24-16-7-8-17-31-24,22-14-9-15-23(18-22)27(28,29)30)25(21-12-5-6-13-21)20-10-3-2-4-11-20/h2-4,7-11,14-18,21,25H,5-6,12-13H2,1H3,(H,32,33). The minimum absolute atomic E-state index is 0.177. The number of carbonyl (C=O) groups is 1. The highest BCUT2D eigenvalue weighted by molar-refractivity contribution is 5.75. The highest BCUT2D eigenvalue weighted by Gasteiger charge is 2.49. The normalized spacial score (nSPS) is 17.3. The summed E-state index contributed by atoms with van der Waals surface area (Å²) in [6.07, 6.45) is 1.09. The van der Waals surface area contributed by atoms with Crippen LogP contribution in [0.15, 0.2) is 79.0 Å². The molecule has 0 bridgehead atoms. The Labute approximate surface area is 192 Å². The van der Waals surface area contributed by atoms with Crippen LogP contribution < -0.4 is 5.32 Å². The quantitative estimate of drug-likeness (QED) is 0.467. The molecular formula is C27H27F3N2O. The van der Waals surface area contributed by atoms with Gasteiger partial charge in [-0.05, 0) is 54.2 Å². The molecule has 1 N–H and O–H groups in total. The van der Waals surface area contributed by atoms with Crippen molar-refractivity contribution in [2.24, 2.45) is 5.92 Å². The second-order valence-electron chi connectivity index (χ2n) is 8.72. The highest BCUT2D eigenvalue weighted by atomic mass is 19.4. The third-order valence-electron chi connectivity index (χ3n) is 6.58. The molecule has 4 rings (SSSR count). The summed E-state index contributed by atoms with van der Waals surface area (Å²) in [6.45, 7) is 1.40. The molecule has 1 fully saturated rings. The smallest absolute Gasteiger partial charge is 0.341 e. The fraction of sp³-hybridized carbons (Fsp3) is 0.333. The first kappa shape index (κ1) is 23.0. The van der Waals surface area contributed by atoms with Crippen molar-refractivity contribution >= 4 is 5.91 Å². The van der Waals surface area contributed by atoms with Gasteiger partial charge in [-0.15, -0.1) is 0 Å². The van der Waals surface area contributed by atoms with E-state index in [0.717, 1.165) is 43.4 Å². The number of carbonyl (C=O) groups excluding carboxylic acids is 1. The minimum Gasteiger partial charge on any atom is -0.341 e. The number of hydrogen-bond acceptors (Lipinski definition) is 2. The van der Waals surface area contributed by atoms with Crippen LogP contribution in [0.5, 0.6) is 0 Å². The molecule has 1 amide bonds.